The monoisotopic (exact) mass is 415 g/mol. The van der Waals surface area contributed by atoms with Gasteiger partial charge in [0.05, 0.1) is 10.6 Å². The van der Waals surface area contributed by atoms with Crippen LogP contribution in [0.1, 0.15) is 36.8 Å². The second-order valence-electron chi connectivity index (χ2n) is 7.24. The van der Waals surface area contributed by atoms with Crippen LogP contribution >= 0.6 is 11.3 Å². The van der Waals surface area contributed by atoms with Crippen LogP contribution in [0.2, 0.25) is 0 Å². The number of sulfonamides is 1. The van der Waals surface area contributed by atoms with Gasteiger partial charge in [-0.3, -0.25) is 14.8 Å². The SMILES string of the molecule is CC(C)(C)c1csc(NC(=O)c2cccc(NS(=O)(=O)c3ccccc3)c2)n1. The van der Waals surface area contributed by atoms with E-state index in [0.29, 0.717) is 16.4 Å². The summed E-state index contributed by atoms with van der Waals surface area (Å²) >= 11 is 1.36. The summed E-state index contributed by atoms with van der Waals surface area (Å²) in [6.07, 6.45) is 0. The summed E-state index contributed by atoms with van der Waals surface area (Å²) in [7, 11) is -3.72. The number of nitrogens with one attached hydrogen (secondary N) is 2. The Bertz CT molecular complexity index is 1090. The molecule has 0 spiro atoms. The van der Waals surface area contributed by atoms with Gasteiger partial charge in [0.15, 0.2) is 5.13 Å². The molecule has 0 saturated carbocycles. The molecule has 8 heteroatoms. The third-order valence-electron chi connectivity index (χ3n) is 3.92. The van der Waals surface area contributed by atoms with Crippen molar-refractivity contribution in [2.24, 2.45) is 0 Å². The number of hydrogen-bond donors (Lipinski definition) is 2. The molecular weight excluding hydrogens is 394 g/mol. The van der Waals surface area contributed by atoms with Gasteiger partial charge in [-0.05, 0) is 30.3 Å². The number of hydrogen-bond acceptors (Lipinski definition) is 5. The van der Waals surface area contributed by atoms with Crippen molar-refractivity contribution in [3.05, 3.63) is 71.2 Å². The minimum absolute atomic E-state index is 0.102. The average Bonchev–Trinajstić information content (AvgIpc) is 3.11. The highest BCUT2D eigenvalue weighted by Crippen LogP contribution is 2.27. The van der Waals surface area contributed by atoms with E-state index in [1.165, 1.54) is 29.5 Å². The number of aromatic nitrogens is 1. The largest absolute Gasteiger partial charge is 0.298 e. The van der Waals surface area contributed by atoms with E-state index < -0.39 is 10.0 Å². The topological polar surface area (TPSA) is 88.2 Å². The minimum atomic E-state index is -3.72. The van der Waals surface area contributed by atoms with Gasteiger partial charge >= 0.3 is 0 Å². The third-order valence-corrected chi connectivity index (χ3v) is 6.08. The number of nitrogens with zero attached hydrogens (tertiary/aromatic N) is 1. The van der Waals surface area contributed by atoms with E-state index in [1.54, 1.807) is 36.4 Å². The van der Waals surface area contributed by atoms with Gasteiger partial charge in [-0.2, -0.15) is 0 Å². The average molecular weight is 416 g/mol. The first-order valence-electron chi connectivity index (χ1n) is 8.60. The van der Waals surface area contributed by atoms with Crippen LogP contribution in [0.25, 0.3) is 0 Å². The Labute approximate surface area is 168 Å². The number of thiazole rings is 1. The van der Waals surface area contributed by atoms with E-state index in [2.05, 4.69) is 35.8 Å². The summed E-state index contributed by atoms with van der Waals surface area (Å²) < 4.78 is 27.4. The van der Waals surface area contributed by atoms with Crippen molar-refractivity contribution in [2.45, 2.75) is 31.1 Å². The van der Waals surface area contributed by atoms with E-state index in [4.69, 9.17) is 0 Å². The van der Waals surface area contributed by atoms with Gasteiger partial charge in [0, 0.05) is 22.0 Å². The van der Waals surface area contributed by atoms with E-state index in [-0.39, 0.29) is 16.2 Å². The second-order valence-corrected chi connectivity index (χ2v) is 9.78. The standard InChI is InChI=1S/C20H21N3O3S2/c1-20(2,3)17-13-27-19(21-17)22-18(24)14-8-7-9-15(12-14)23-28(25,26)16-10-5-4-6-11-16/h4-13,23H,1-3H3,(H,21,22,24). The van der Waals surface area contributed by atoms with Crippen molar-refractivity contribution in [1.82, 2.24) is 4.98 Å². The molecule has 2 aromatic carbocycles. The molecule has 0 atom stereocenters. The van der Waals surface area contributed by atoms with Crippen molar-refractivity contribution in [3.63, 3.8) is 0 Å². The lowest BCUT2D eigenvalue weighted by Crippen LogP contribution is -2.15. The lowest BCUT2D eigenvalue weighted by molar-refractivity contribution is 0.102. The predicted octanol–water partition coefficient (Wildman–Crippen LogP) is 4.49. The van der Waals surface area contributed by atoms with Crippen LogP contribution in [-0.2, 0) is 15.4 Å². The summed E-state index contributed by atoms with van der Waals surface area (Å²) in [6, 6.07) is 14.4. The number of benzene rings is 2. The number of rotatable bonds is 5. The summed E-state index contributed by atoms with van der Waals surface area (Å²) in [5.74, 6) is -0.351. The smallest absolute Gasteiger partial charge is 0.261 e. The number of carbonyl (C=O) groups is 1. The van der Waals surface area contributed by atoms with E-state index in [0.717, 1.165) is 5.69 Å². The van der Waals surface area contributed by atoms with Crippen LogP contribution in [0, 0.1) is 0 Å². The lowest BCUT2D eigenvalue weighted by Gasteiger charge is -2.14. The molecule has 0 aliphatic rings. The molecule has 2 N–H and O–H groups in total. The highest BCUT2D eigenvalue weighted by atomic mass is 32.2. The molecule has 0 aliphatic carbocycles. The summed E-state index contributed by atoms with van der Waals surface area (Å²) in [6.45, 7) is 6.15. The van der Waals surface area contributed by atoms with Crippen LogP contribution in [0.3, 0.4) is 0 Å². The molecule has 146 valence electrons. The first kappa shape index (κ1) is 20.0. The molecule has 1 heterocycles. The maximum atomic E-state index is 12.5. The lowest BCUT2D eigenvalue weighted by atomic mass is 9.93. The molecule has 0 aliphatic heterocycles. The van der Waals surface area contributed by atoms with Gasteiger partial charge in [0.1, 0.15) is 0 Å². The Kier molecular flexibility index (Phi) is 5.53. The van der Waals surface area contributed by atoms with Crippen LogP contribution in [0.5, 0.6) is 0 Å². The first-order valence-corrected chi connectivity index (χ1v) is 11.0. The van der Waals surface area contributed by atoms with Crippen molar-refractivity contribution < 1.29 is 13.2 Å². The van der Waals surface area contributed by atoms with Gasteiger partial charge in [-0.1, -0.05) is 45.0 Å². The molecule has 28 heavy (non-hydrogen) atoms. The molecule has 0 unspecified atom stereocenters. The van der Waals surface area contributed by atoms with Crippen molar-refractivity contribution in [2.75, 3.05) is 10.0 Å². The quantitative estimate of drug-likeness (QED) is 0.642. The van der Waals surface area contributed by atoms with Gasteiger partial charge in [0.2, 0.25) is 0 Å². The summed E-state index contributed by atoms with van der Waals surface area (Å²) in [5.41, 5.74) is 1.44. The summed E-state index contributed by atoms with van der Waals surface area (Å²) in [5, 5.41) is 5.19. The first-order chi connectivity index (χ1) is 13.1. The Hall–Kier alpha value is -2.71. The minimum Gasteiger partial charge on any atom is -0.298 e. The van der Waals surface area contributed by atoms with Crippen molar-refractivity contribution >= 4 is 38.1 Å². The maximum absolute atomic E-state index is 12.5. The number of carbonyl (C=O) groups excluding carboxylic acids is 1. The molecule has 0 saturated heterocycles. The van der Waals surface area contributed by atoms with Gasteiger partial charge in [-0.15, -0.1) is 11.3 Å². The van der Waals surface area contributed by atoms with Gasteiger partial charge in [-0.25, -0.2) is 13.4 Å². The van der Waals surface area contributed by atoms with Crippen LogP contribution in [0.15, 0.2) is 64.9 Å². The van der Waals surface area contributed by atoms with Crippen LogP contribution in [-0.4, -0.2) is 19.3 Å². The fraction of sp³-hybridized carbons (Fsp3) is 0.200. The third kappa shape index (κ3) is 4.76. The highest BCUT2D eigenvalue weighted by Gasteiger charge is 2.19. The zero-order valence-corrected chi connectivity index (χ0v) is 17.4. The Morgan fingerprint density at radius 1 is 1.04 bits per heavy atom. The Balaban J connectivity index is 1.76. The van der Waals surface area contributed by atoms with Crippen LogP contribution in [0.4, 0.5) is 10.8 Å². The fourth-order valence-corrected chi connectivity index (χ4v) is 4.39. The van der Waals surface area contributed by atoms with E-state index in [9.17, 15) is 13.2 Å². The molecular formula is C20H21N3O3S2. The van der Waals surface area contributed by atoms with Gasteiger partial charge in [0.25, 0.3) is 15.9 Å². The van der Waals surface area contributed by atoms with Gasteiger partial charge < -0.3 is 0 Å². The van der Waals surface area contributed by atoms with Crippen molar-refractivity contribution in [3.8, 4) is 0 Å². The molecule has 6 nitrogen and oxygen atoms in total. The summed E-state index contributed by atoms with van der Waals surface area (Å²) in [4.78, 5) is 17.1. The molecule has 0 radical (unpaired) electrons. The number of anilines is 2. The van der Waals surface area contributed by atoms with E-state index >= 15 is 0 Å². The molecule has 1 aromatic heterocycles. The maximum Gasteiger partial charge on any atom is 0.261 e. The zero-order chi connectivity index (χ0) is 20.4. The molecule has 0 fully saturated rings. The molecule has 3 aromatic rings. The molecule has 3 rings (SSSR count). The number of amides is 1. The fourth-order valence-electron chi connectivity index (χ4n) is 2.38. The van der Waals surface area contributed by atoms with E-state index in [1.807, 2.05) is 5.38 Å². The van der Waals surface area contributed by atoms with Crippen LogP contribution < -0.4 is 10.0 Å². The van der Waals surface area contributed by atoms with Crippen molar-refractivity contribution in [1.29, 1.82) is 0 Å². The molecule has 0 bridgehead atoms. The Morgan fingerprint density at radius 2 is 1.75 bits per heavy atom. The normalized spacial score (nSPS) is 11.8. The Morgan fingerprint density at radius 3 is 2.39 bits per heavy atom. The second kappa shape index (κ2) is 7.73. The highest BCUT2D eigenvalue weighted by molar-refractivity contribution is 7.92. The molecule has 1 amide bonds. The predicted molar refractivity (Wildman–Crippen MR) is 112 cm³/mol. The zero-order valence-electron chi connectivity index (χ0n) is 15.8.